The molecule has 0 saturated heterocycles. The highest BCUT2D eigenvalue weighted by molar-refractivity contribution is 7.89. The fourth-order valence-corrected chi connectivity index (χ4v) is 4.33. The number of rotatable bonds is 7. The molecule has 2 aromatic carbocycles. The second-order valence-electron chi connectivity index (χ2n) is 5.72. The molecule has 3 aromatic rings. The van der Waals surface area contributed by atoms with Crippen LogP contribution in [-0.2, 0) is 16.4 Å². The minimum Gasteiger partial charge on any atom is -0.322 e. The van der Waals surface area contributed by atoms with Gasteiger partial charge < -0.3 is 5.32 Å². The summed E-state index contributed by atoms with van der Waals surface area (Å²) in [5, 5.41) is 5.19. The van der Waals surface area contributed by atoms with Gasteiger partial charge in [-0.25, -0.2) is 13.1 Å². The van der Waals surface area contributed by atoms with Crippen molar-refractivity contribution in [2.24, 2.45) is 0 Å². The maximum atomic E-state index is 12.3. The van der Waals surface area contributed by atoms with Crippen LogP contribution in [-0.4, -0.2) is 20.9 Å². The molecule has 0 aliphatic carbocycles. The van der Waals surface area contributed by atoms with Gasteiger partial charge in [-0.15, -0.1) is 11.3 Å². The minimum atomic E-state index is -3.61. The highest BCUT2D eigenvalue weighted by Crippen LogP contribution is 2.17. The smallest absolute Gasteiger partial charge is 0.255 e. The number of carbonyl (C=O) groups excluding carboxylic acids is 1. The van der Waals surface area contributed by atoms with Crippen molar-refractivity contribution in [2.75, 3.05) is 11.9 Å². The first kappa shape index (κ1) is 19.6. The standard InChI is InChI=1S/C19H17ClN2O3S2/c20-15-3-1-4-16(13-15)22-19(23)14-6-8-18(9-7-14)27(24,25)21-11-10-17-5-2-12-26-17/h1-9,12-13,21H,10-11H2,(H,22,23). The summed E-state index contributed by atoms with van der Waals surface area (Å²) < 4.78 is 27.3. The number of anilines is 1. The van der Waals surface area contributed by atoms with Crippen LogP contribution in [0, 0.1) is 0 Å². The second-order valence-corrected chi connectivity index (χ2v) is 8.95. The molecule has 5 nitrogen and oxygen atoms in total. The van der Waals surface area contributed by atoms with Crippen molar-refractivity contribution in [3.8, 4) is 0 Å². The molecule has 2 N–H and O–H groups in total. The van der Waals surface area contributed by atoms with Crippen LogP contribution in [0.5, 0.6) is 0 Å². The highest BCUT2D eigenvalue weighted by atomic mass is 35.5. The summed E-state index contributed by atoms with van der Waals surface area (Å²) in [5.74, 6) is -0.341. The molecule has 0 atom stereocenters. The SMILES string of the molecule is O=C(Nc1cccc(Cl)c1)c1ccc(S(=O)(=O)NCCc2cccs2)cc1. The number of thiophene rings is 1. The Morgan fingerprint density at radius 1 is 1.04 bits per heavy atom. The van der Waals surface area contributed by atoms with Gasteiger partial charge >= 0.3 is 0 Å². The lowest BCUT2D eigenvalue weighted by molar-refractivity contribution is 0.102. The van der Waals surface area contributed by atoms with Crippen molar-refractivity contribution < 1.29 is 13.2 Å². The van der Waals surface area contributed by atoms with Crippen LogP contribution in [0.15, 0.2) is 70.9 Å². The number of carbonyl (C=O) groups is 1. The van der Waals surface area contributed by atoms with Crippen molar-refractivity contribution >= 4 is 44.6 Å². The number of halogens is 1. The first-order chi connectivity index (χ1) is 12.9. The van der Waals surface area contributed by atoms with Gasteiger partial charge in [-0.1, -0.05) is 23.7 Å². The van der Waals surface area contributed by atoms with E-state index in [1.165, 1.54) is 24.3 Å². The number of benzene rings is 2. The normalized spacial score (nSPS) is 11.3. The second kappa shape index (κ2) is 8.67. The molecular weight excluding hydrogens is 404 g/mol. The van der Waals surface area contributed by atoms with Crippen LogP contribution in [0.25, 0.3) is 0 Å². The van der Waals surface area contributed by atoms with Crippen molar-refractivity contribution in [2.45, 2.75) is 11.3 Å². The molecule has 27 heavy (non-hydrogen) atoms. The lowest BCUT2D eigenvalue weighted by Gasteiger charge is -2.08. The third-order valence-electron chi connectivity index (χ3n) is 3.75. The van der Waals surface area contributed by atoms with E-state index in [2.05, 4.69) is 10.0 Å². The lowest BCUT2D eigenvalue weighted by atomic mass is 10.2. The van der Waals surface area contributed by atoms with Crippen molar-refractivity contribution in [3.05, 3.63) is 81.5 Å². The Morgan fingerprint density at radius 3 is 2.48 bits per heavy atom. The number of amides is 1. The van der Waals surface area contributed by atoms with Gasteiger partial charge in [0, 0.05) is 27.7 Å². The molecule has 0 bridgehead atoms. The van der Waals surface area contributed by atoms with E-state index in [1.54, 1.807) is 35.6 Å². The van der Waals surface area contributed by atoms with E-state index < -0.39 is 10.0 Å². The van der Waals surface area contributed by atoms with Crippen molar-refractivity contribution in [3.63, 3.8) is 0 Å². The summed E-state index contributed by atoms with van der Waals surface area (Å²) in [7, 11) is -3.61. The van der Waals surface area contributed by atoms with Gasteiger partial charge in [-0.05, 0) is 60.3 Å². The zero-order valence-corrected chi connectivity index (χ0v) is 16.6. The Morgan fingerprint density at radius 2 is 1.81 bits per heavy atom. The van der Waals surface area contributed by atoms with E-state index in [0.717, 1.165) is 4.88 Å². The first-order valence-corrected chi connectivity index (χ1v) is 10.9. The van der Waals surface area contributed by atoms with Gasteiger partial charge in [0.25, 0.3) is 5.91 Å². The highest BCUT2D eigenvalue weighted by Gasteiger charge is 2.15. The van der Waals surface area contributed by atoms with Crippen LogP contribution >= 0.6 is 22.9 Å². The molecule has 0 saturated carbocycles. The van der Waals surface area contributed by atoms with Gasteiger partial charge in [0.05, 0.1) is 4.90 Å². The molecule has 0 fully saturated rings. The molecule has 0 radical (unpaired) electrons. The molecule has 140 valence electrons. The number of hydrogen-bond donors (Lipinski definition) is 2. The summed E-state index contributed by atoms with van der Waals surface area (Å²) in [6.07, 6.45) is 0.636. The molecule has 0 spiro atoms. The zero-order valence-electron chi connectivity index (χ0n) is 14.2. The fraction of sp³-hybridized carbons (Fsp3) is 0.105. The van der Waals surface area contributed by atoms with Crippen LogP contribution < -0.4 is 10.0 Å². The largest absolute Gasteiger partial charge is 0.322 e. The summed E-state index contributed by atoms with van der Waals surface area (Å²) >= 11 is 7.48. The third kappa shape index (κ3) is 5.40. The van der Waals surface area contributed by atoms with E-state index in [0.29, 0.717) is 29.2 Å². The maximum Gasteiger partial charge on any atom is 0.255 e. The summed E-state index contributed by atoms with van der Waals surface area (Å²) in [5.41, 5.74) is 0.923. The zero-order chi connectivity index (χ0) is 19.3. The molecule has 0 unspecified atom stereocenters. The molecule has 1 aromatic heterocycles. The molecular formula is C19H17ClN2O3S2. The predicted octanol–water partition coefficient (Wildman–Crippen LogP) is 4.17. The van der Waals surface area contributed by atoms with Crippen LogP contribution in [0.3, 0.4) is 0 Å². The number of nitrogens with one attached hydrogen (secondary N) is 2. The predicted molar refractivity (Wildman–Crippen MR) is 109 cm³/mol. The van der Waals surface area contributed by atoms with Gasteiger partial charge in [0.1, 0.15) is 0 Å². The van der Waals surface area contributed by atoms with E-state index in [9.17, 15) is 13.2 Å². The summed E-state index contributed by atoms with van der Waals surface area (Å²) in [6.45, 7) is 0.319. The molecule has 0 aliphatic heterocycles. The Bertz CT molecular complexity index is 1020. The number of sulfonamides is 1. The average molecular weight is 421 g/mol. The Kier molecular flexibility index (Phi) is 6.28. The first-order valence-electron chi connectivity index (χ1n) is 8.13. The van der Waals surface area contributed by atoms with Gasteiger partial charge in [-0.2, -0.15) is 0 Å². The fourth-order valence-electron chi connectivity index (χ4n) is 2.40. The minimum absolute atomic E-state index is 0.119. The van der Waals surface area contributed by atoms with Gasteiger partial charge in [0.15, 0.2) is 0 Å². The summed E-state index contributed by atoms with van der Waals surface area (Å²) in [4.78, 5) is 13.5. The Hall–Kier alpha value is -2.19. The Labute approximate surface area is 167 Å². The molecule has 0 aliphatic rings. The van der Waals surface area contributed by atoms with E-state index >= 15 is 0 Å². The van der Waals surface area contributed by atoms with Crippen LogP contribution in [0.2, 0.25) is 5.02 Å². The number of hydrogen-bond acceptors (Lipinski definition) is 4. The molecule has 1 amide bonds. The van der Waals surface area contributed by atoms with Crippen molar-refractivity contribution in [1.82, 2.24) is 4.72 Å². The van der Waals surface area contributed by atoms with E-state index in [-0.39, 0.29) is 10.8 Å². The lowest BCUT2D eigenvalue weighted by Crippen LogP contribution is -2.26. The van der Waals surface area contributed by atoms with Gasteiger partial charge in [0.2, 0.25) is 10.0 Å². The molecule has 3 rings (SSSR count). The van der Waals surface area contributed by atoms with Crippen LogP contribution in [0.1, 0.15) is 15.2 Å². The topological polar surface area (TPSA) is 75.3 Å². The monoisotopic (exact) mass is 420 g/mol. The van der Waals surface area contributed by atoms with Crippen molar-refractivity contribution in [1.29, 1.82) is 0 Å². The average Bonchev–Trinajstić information content (AvgIpc) is 3.15. The van der Waals surface area contributed by atoms with Gasteiger partial charge in [-0.3, -0.25) is 4.79 Å². The molecule has 1 heterocycles. The Balaban J connectivity index is 1.62. The van der Waals surface area contributed by atoms with Crippen LogP contribution in [0.4, 0.5) is 5.69 Å². The van der Waals surface area contributed by atoms with E-state index in [4.69, 9.17) is 11.6 Å². The molecule has 8 heteroatoms. The summed E-state index contributed by atoms with van der Waals surface area (Å²) in [6, 6.07) is 16.5. The maximum absolute atomic E-state index is 12.3. The quantitative estimate of drug-likeness (QED) is 0.602. The third-order valence-corrected chi connectivity index (χ3v) is 6.40. The van der Waals surface area contributed by atoms with E-state index in [1.807, 2.05) is 17.5 Å².